The van der Waals surface area contributed by atoms with Crippen molar-refractivity contribution < 1.29 is 14.5 Å². The summed E-state index contributed by atoms with van der Waals surface area (Å²) in [5.74, 6) is -0.0860. The molecular weight excluding hydrogens is 430 g/mol. The van der Waals surface area contributed by atoms with E-state index in [1.54, 1.807) is 61.5 Å². The number of amides is 1. The fourth-order valence-corrected chi connectivity index (χ4v) is 3.09. The van der Waals surface area contributed by atoms with Crippen LogP contribution in [0.2, 0.25) is 5.02 Å². The van der Waals surface area contributed by atoms with Gasteiger partial charge in [0.1, 0.15) is 24.0 Å². The number of nitriles is 1. The molecule has 1 N–H and O–H groups in total. The number of carbonyl (C=O) groups is 1. The minimum Gasteiger partial charge on any atom is -0.488 e. The zero-order chi connectivity index (χ0) is 23.1. The summed E-state index contributed by atoms with van der Waals surface area (Å²) < 4.78 is 5.83. The molecule has 0 spiro atoms. The highest BCUT2D eigenvalue weighted by molar-refractivity contribution is 6.30. The third-order valence-electron chi connectivity index (χ3n) is 4.56. The van der Waals surface area contributed by atoms with E-state index >= 15 is 0 Å². The summed E-state index contributed by atoms with van der Waals surface area (Å²) >= 11 is 5.94. The van der Waals surface area contributed by atoms with Crippen LogP contribution in [0.4, 0.5) is 11.4 Å². The van der Waals surface area contributed by atoms with E-state index in [2.05, 4.69) is 5.32 Å². The lowest BCUT2D eigenvalue weighted by Gasteiger charge is -2.11. The second kappa shape index (κ2) is 10.2. The van der Waals surface area contributed by atoms with E-state index in [0.29, 0.717) is 22.0 Å². The summed E-state index contributed by atoms with van der Waals surface area (Å²) in [6.07, 6.45) is 1.45. The quantitative estimate of drug-likeness (QED) is 0.217. The van der Waals surface area contributed by atoms with Crippen LogP contribution in [-0.2, 0) is 11.4 Å². The van der Waals surface area contributed by atoms with Crippen molar-refractivity contribution in [1.29, 1.82) is 5.26 Å². The Hall–Kier alpha value is -4.15. The van der Waals surface area contributed by atoms with Gasteiger partial charge in [-0.1, -0.05) is 29.8 Å². The van der Waals surface area contributed by atoms with Crippen LogP contribution in [0.15, 0.2) is 72.3 Å². The van der Waals surface area contributed by atoms with Crippen molar-refractivity contribution in [3.63, 3.8) is 0 Å². The van der Waals surface area contributed by atoms with Crippen LogP contribution < -0.4 is 10.1 Å². The molecule has 0 aliphatic heterocycles. The van der Waals surface area contributed by atoms with Gasteiger partial charge < -0.3 is 10.1 Å². The average molecular weight is 448 g/mol. The first kappa shape index (κ1) is 22.5. The number of hydrogen-bond donors (Lipinski definition) is 1. The fourth-order valence-electron chi connectivity index (χ4n) is 2.87. The molecule has 0 aliphatic rings. The van der Waals surface area contributed by atoms with Gasteiger partial charge in [0, 0.05) is 28.4 Å². The highest BCUT2D eigenvalue weighted by Gasteiger charge is 2.13. The van der Waals surface area contributed by atoms with E-state index in [1.807, 2.05) is 6.07 Å². The third-order valence-corrected chi connectivity index (χ3v) is 4.80. The van der Waals surface area contributed by atoms with Gasteiger partial charge in [-0.05, 0) is 60.5 Å². The number of halogens is 1. The SMILES string of the molecule is Cc1cc(Cl)ccc1NC(=O)/C(C#N)=C/c1ccccc1OCc1ccc([N+](=O)[O-])cc1. The first-order valence-corrected chi connectivity index (χ1v) is 9.89. The lowest BCUT2D eigenvalue weighted by atomic mass is 10.1. The normalized spacial score (nSPS) is 10.8. The van der Waals surface area contributed by atoms with Gasteiger partial charge in [0.05, 0.1) is 4.92 Å². The zero-order valence-corrected chi connectivity index (χ0v) is 17.8. The van der Waals surface area contributed by atoms with Crippen LogP contribution >= 0.6 is 11.6 Å². The molecule has 0 atom stereocenters. The second-order valence-corrected chi connectivity index (χ2v) is 7.27. The van der Waals surface area contributed by atoms with Crippen molar-refractivity contribution in [2.75, 3.05) is 5.32 Å². The Labute approximate surface area is 189 Å². The number of nitrogens with one attached hydrogen (secondary N) is 1. The minimum atomic E-state index is -0.553. The molecule has 7 nitrogen and oxygen atoms in total. The fraction of sp³-hybridized carbons (Fsp3) is 0.0833. The lowest BCUT2D eigenvalue weighted by Crippen LogP contribution is -2.14. The van der Waals surface area contributed by atoms with Crippen LogP contribution in [0.1, 0.15) is 16.7 Å². The minimum absolute atomic E-state index is 0.00215. The Morgan fingerprint density at radius 3 is 2.56 bits per heavy atom. The molecule has 1 amide bonds. The summed E-state index contributed by atoms with van der Waals surface area (Å²) in [5, 5.41) is 23.6. The number of carbonyl (C=O) groups excluding carboxylic acids is 1. The summed E-state index contributed by atoms with van der Waals surface area (Å²) in [6.45, 7) is 1.97. The molecule has 0 aromatic heterocycles. The van der Waals surface area contributed by atoms with Crippen LogP contribution in [0, 0.1) is 28.4 Å². The number of nitro groups is 1. The average Bonchev–Trinajstić information content (AvgIpc) is 2.78. The molecule has 3 aromatic carbocycles. The smallest absolute Gasteiger partial charge is 0.269 e. The maximum Gasteiger partial charge on any atom is 0.269 e. The second-order valence-electron chi connectivity index (χ2n) is 6.83. The van der Waals surface area contributed by atoms with Gasteiger partial charge in [0.25, 0.3) is 11.6 Å². The summed E-state index contributed by atoms with van der Waals surface area (Å²) in [5.41, 5.74) is 2.53. The molecule has 32 heavy (non-hydrogen) atoms. The van der Waals surface area contributed by atoms with Gasteiger partial charge in [-0.2, -0.15) is 5.26 Å². The van der Waals surface area contributed by atoms with E-state index in [0.717, 1.165) is 11.1 Å². The molecule has 0 unspecified atom stereocenters. The van der Waals surface area contributed by atoms with Crippen LogP contribution in [-0.4, -0.2) is 10.8 Å². The molecule has 0 saturated heterocycles. The Morgan fingerprint density at radius 1 is 1.19 bits per heavy atom. The number of nitrogens with zero attached hydrogens (tertiary/aromatic N) is 2. The molecule has 0 saturated carbocycles. The third kappa shape index (κ3) is 5.72. The van der Waals surface area contributed by atoms with Gasteiger partial charge in [-0.25, -0.2) is 0 Å². The maximum absolute atomic E-state index is 12.6. The first-order chi connectivity index (χ1) is 15.4. The number of aryl methyl sites for hydroxylation is 1. The molecule has 0 aliphatic carbocycles. The van der Waals surface area contributed by atoms with E-state index in [-0.39, 0.29) is 17.9 Å². The van der Waals surface area contributed by atoms with E-state index in [4.69, 9.17) is 16.3 Å². The van der Waals surface area contributed by atoms with Crippen molar-refractivity contribution in [2.24, 2.45) is 0 Å². The molecule has 8 heteroatoms. The van der Waals surface area contributed by atoms with Crippen LogP contribution in [0.5, 0.6) is 5.75 Å². The number of ether oxygens (including phenoxy) is 1. The molecule has 0 bridgehead atoms. The Bertz CT molecular complexity index is 1230. The Balaban J connectivity index is 1.77. The lowest BCUT2D eigenvalue weighted by molar-refractivity contribution is -0.384. The molecular formula is C24H18ClN3O4. The number of rotatable bonds is 7. The molecule has 3 aromatic rings. The van der Waals surface area contributed by atoms with Crippen molar-refractivity contribution in [2.45, 2.75) is 13.5 Å². The highest BCUT2D eigenvalue weighted by atomic mass is 35.5. The Kier molecular flexibility index (Phi) is 7.21. The van der Waals surface area contributed by atoms with E-state index < -0.39 is 10.8 Å². The largest absolute Gasteiger partial charge is 0.488 e. The molecule has 0 fully saturated rings. The van der Waals surface area contributed by atoms with E-state index in [9.17, 15) is 20.2 Å². The van der Waals surface area contributed by atoms with Crippen molar-refractivity contribution in [1.82, 2.24) is 0 Å². The number of nitro benzene ring substituents is 1. The van der Waals surface area contributed by atoms with Crippen LogP contribution in [0.25, 0.3) is 6.08 Å². The summed E-state index contributed by atoms with van der Waals surface area (Å²) in [6, 6.07) is 20.0. The zero-order valence-electron chi connectivity index (χ0n) is 17.0. The maximum atomic E-state index is 12.6. The predicted molar refractivity (Wildman–Crippen MR) is 122 cm³/mol. The molecule has 160 valence electrons. The number of non-ortho nitro benzene ring substituents is 1. The summed E-state index contributed by atoms with van der Waals surface area (Å²) in [4.78, 5) is 22.9. The Morgan fingerprint density at radius 2 is 1.91 bits per heavy atom. The number of anilines is 1. The van der Waals surface area contributed by atoms with Gasteiger partial charge in [-0.3, -0.25) is 14.9 Å². The van der Waals surface area contributed by atoms with Gasteiger partial charge >= 0.3 is 0 Å². The predicted octanol–water partition coefficient (Wildman–Crippen LogP) is 5.68. The molecule has 3 rings (SSSR count). The van der Waals surface area contributed by atoms with Gasteiger partial charge in [0.15, 0.2) is 0 Å². The van der Waals surface area contributed by atoms with E-state index in [1.165, 1.54) is 18.2 Å². The highest BCUT2D eigenvalue weighted by Crippen LogP contribution is 2.24. The molecule has 0 heterocycles. The topological polar surface area (TPSA) is 105 Å². The summed E-state index contributed by atoms with van der Waals surface area (Å²) in [7, 11) is 0. The number of benzene rings is 3. The van der Waals surface area contributed by atoms with Crippen LogP contribution in [0.3, 0.4) is 0 Å². The van der Waals surface area contributed by atoms with Crippen molar-refractivity contribution >= 4 is 35.0 Å². The monoisotopic (exact) mass is 447 g/mol. The molecule has 0 radical (unpaired) electrons. The number of hydrogen-bond acceptors (Lipinski definition) is 5. The van der Waals surface area contributed by atoms with Gasteiger partial charge in [-0.15, -0.1) is 0 Å². The first-order valence-electron chi connectivity index (χ1n) is 9.52. The van der Waals surface area contributed by atoms with Crippen molar-refractivity contribution in [3.05, 3.63) is 104 Å². The standard InChI is InChI=1S/C24H18ClN3O4/c1-16-12-20(25)8-11-22(16)27-24(29)19(14-26)13-18-4-2-3-5-23(18)32-15-17-6-9-21(10-7-17)28(30)31/h2-13H,15H2,1H3,(H,27,29)/b19-13+. The van der Waals surface area contributed by atoms with Gasteiger partial charge in [0.2, 0.25) is 0 Å². The number of para-hydroxylation sites is 1. The van der Waals surface area contributed by atoms with Crippen molar-refractivity contribution in [3.8, 4) is 11.8 Å².